The summed E-state index contributed by atoms with van der Waals surface area (Å²) in [7, 11) is -1.68. The van der Waals surface area contributed by atoms with Gasteiger partial charge in [0.1, 0.15) is 0 Å². The molecule has 0 aliphatic carbocycles. The molecule has 2 rings (SSSR count). The van der Waals surface area contributed by atoms with Crippen LogP contribution in [0.1, 0.15) is 24.8 Å². The lowest BCUT2D eigenvalue weighted by Crippen LogP contribution is -2.30. The summed E-state index contributed by atoms with van der Waals surface area (Å²) in [5, 5.41) is 3.16. The van der Waals surface area contributed by atoms with Crippen molar-refractivity contribution in [2.24, 2.45) is 0 Å². The summed E-state index contributed by atoms with van der Waals surface area (Å²) in [6, 6.07) is 8.55. The van der Waals surface area contributed by atoms with E-state index >= 15 is 0 Å². The lowest BCUT2D eigenvalue weighted by molar-refractivity contribution is 0.577. The van der Waals surface area contributed by atoms with Crippen LogP contribution in [-0.4, -0.2) is 40.9 Å². The molecular weight excluding hydrogens is 286 g/mol. The molecule has 1 saturated heterocycles. The number of benzene rings is 1. The topological polar surface area (TPSA) is 61.4 Å². The first-order valence-corrected chi connectivity index (χ1v) is 9.22. The first kappa shape index (κ1) is 16.3. The number of sulfonamides is 1. The largest absolute Gasteiger partial charge is 0.372 e. The van der Waals surface area contributed by atoms with E-state index in [1.165, 1.54) is 37.6 Å². The Balaban J connectivity index is 1.77. The van der Waals surface area contributed by atoms with Gasteiger partial charge in [-0.1, -0.05) is 12.1 Å². The summed E-state index contributed by atoms with van der Waals surface area (Å²) in [6.07, 6.45) is 3.90. The fraction of sp³-hybridized carbons (Fsp3) is 0.600. The monoisotopic (exact) mass is 311 g/mol. The van der Waals surface area contributed by atoms with Gasteiger partial charge in [-0.2, -0.15) is 0 Å². The van der Waals surface area contributed by atoms with Crippen molar-refractivity contribution >= 4 is 15.7 Å². The highest BCUT2D eigenvalue weighted by molar-refractivity contribution is 7.89. The molecule has 1 aliphatic heterocycles. The van der Waals surface area contributed by atoms with E-state index in [4.69, 9.17) is 0 Å². The Morgan fingerprint density at radius 1 is 1.10 bits per heavy atom. The van der Waals surface area contributed by atoms with Crippen molar-refractivity contribution in [2.75, 3.05) is 37.3 Å². The summed E-state index contributed by atoms with van der Waals surface area (Å²) >= 11 is 0. The van der Waals surface area contributed by atoms with Gasteiger partial charge < -0.3 is 10.2 Å². The number of hydrogen-bond donors (Lipinski definition) is 2. The summed E-state index contributed by atoms with van der Waals surface area (Å²) < 4.78 is 24.9. The fourth-order valence-electron chi connectivity index (χ4n) is 2.52. The summed E-state index contributed by atoms with van der Waals surface area (Å²) in [5.74, 6) is 0.107. The van der Waals surface area contributed by atoms with Gasteiger partial charge in [0.25, 0.3) is 0 Å². The number of anilines is 1. The maximum atomic E-state index is 11.3. The third-order valence-corrected chi connectivity index (χ3v) is 5.21. The molecule has 6 heteroatoms. The van der Waals surface area contributed by atoms with Gasteiger partial charge in [-0.25, -0.2) is 13.1 Å². The van der Waals surface area contributed by atoms with Gasteiger partial charge in [-0.15, -0.1) is 0 Å². The van der Waals surface area contributed by atoms with Crippen LogP contribution in [-0.2, 0) is 16.6 Å². The predicted molar refractivity (Wildman–Crippen MR) is 87.1 cm³/mol. The van der Waals surface area contributed by atoms with Gasteiger partial charge >= 0.3 is 0 Å². The van der Waals surface area contributed by atoms with Crippen LogP contribution < -0.4 is 14.9 Å². The van der Waals surface area contributed by atoms with Crippen molar-refractivity contribution in [3.63, 3.8) is 0 Å². The normalized spacial score (nSPS) is 16.1. The molecule has 0 spiro atoms. The zero-order valence-electron chi connectivity index (χ0n) is 12.6. The van der Waals surface area contributed by atoms with E-state index in [2.05, 4.69) is 39.2 Å². The standard InChI is InChI=1S/C15H25N3O2S/c1-16-21(19,20)12-9-17-13-14-5-7-15(8-6-14)18-10-3-2-4-11-18/h5-8,16-17H,2-4,9-13H2,1H3. The highest BCUT2D eigenvalue weighted by atomic mass is 32.2. The van der Waals surface area contributed by atoms with Crippen molar-refractivity contribution in [1.29, 1.82) is 0 Å². The summed E-state index contributed by atoms with van der Waals surface area (Å²) in [6.45, 7) is 3.45. The smallest absolute Gasteiger partial charge is 0.212 e. The fourth-order valence-corrected chi connectivity index (χ4v) is 3.14. The molecule has 0 atom stereocenters. The van der Waals surface area contributed by atoms with Crippen molar-refractivity contribution in [3.8, 4) is 0 Å². The van der Waals surface area contributed by atoms with Gasteiger partial charge in [0.15, 0.2) is 0 Å². The molecule has 0 amide bonds. The van der Waals surface area contributed by atoms with E-state index in [0.29, 0.717) is 13.1 Å². The van der Waals surface area contributed by atoms with Crippen molar-refractivity contribution in [3.05, 3.63) is 29.8 Å². The van der Waals surface area contributed by atoms with E-state index in [1.807, 2.05) is 0 Å². The molecular formula is C15H25N3O2S. The van der Waals surface area contributed by atoms with Gasteiger partial charge in [-0.05, 0) is 44.0 Å². The molecule has 0 unspecified atom stereocenters. The molecule has 0 bridgehead atoms. The molecule has 0 radical (unpaired) electrons. The van der Waals surface area contributed by atoms with Crippen LogP contribution in [0.5, 0.6) is 0 Å². The minimum atomic E-state index is -3.11. The summed E-state index contributed by atoms with van der Waals surface area (Å²) in [4.78, 5) is 2.43. The Kier molecular flexibility index (Phi) is 6.02. The third kappa shape index (κ3) is 5.30. The second kappa shape index (κ2) is 7.77. The molecule has 1 heterocycles. The quantitative estimate of drug-likeness (QED) is 0.746. The lowest BCUT2D eigenvalue weighted by Gasteiger charge is -2.28. The predicted octanol–water partition coefficient (Wildman–Crippen LogP) is 1.32. The Labute approximate surface area is 127 Å². The minimum Gasteiger partial charge on any atom is -0.372 e. The van der Waals surface area contributed by atoms with Gasteiger partial charge in [-0.3, -0.25) is 0 Å². The van der Waals surface area contributed by atoms with Crippen LogP contribution in [0.15, 0.2) is 24.3 Å². The Morgan fingerprint density at radius 2 is 1.76 bits per heavy atom. The second-order valence-electron chi connectivity index (χ2n) is 5.41. The zero-order chi connectivity index (χ0) is 15.1. The van der Waals surface area contributed by atoms with Crippen molar-refractivity contribution in [1.82, 2.24) is 10.0 Å². The minimum absolute atomic E-state index is 0.107. The van der Waals surface area contributed by atoms with E-state index < -0.39 is 10.0 Å². The molecule has 5 nitrogen and oxygen atoms in total. The first-order chi connectivity index (χ1) is 10.1. The zero-order valence-corrected chi connectivity index (χ0v) is 13.5. The lowest BCUT2D eigenvalue weighted by atomic mass is 10.1. The summed E-state index contributed by atoms with van der Waals surface area (Å²) in [5.41, 5.74) is 2.47. The number of rotatable bonds is 7. The van der Waals surface area contributed by atoms with E-state index in [-0.39, 0.29) is 5.75 Å². The molecule has 21 heavy (non-hydrogen) atoms. The van der Waals surface area contributed by atoms with Crippen LogP contribution in [0.25, 0.3) is 0 Å². The molecule has 1 fully saturated rings. The molecule has 1 aromatic carbocycles. The Bertz CT molecular complexity index is 522. The van der Waals surface area contributed by atoms with Crippen molar-refractivity contribution in [2.45, 2.75) is 25.8 Å². The molecule has 1 aliphatic rings. The maximum Gasteiger partial charge on any atom is 0.212 e. The van der Waals surface area contributed by atoms with Gasteiger partial charge in [0, 0.05) is 31.9 Å². The third-order valence-electron chi connectivity index (χ3n) is 3.85. The van der Waals surface area contributed by atoms with Crippen LogP contribution >= 0.6 is 0 Å². The average Bonchev–Trinajstić information content (AvgIpc) is 2.53. The van der Waals surface area contributed by atoms with Crippen LogP contribution in [0.4, 0.5) is 5.69 Å². The van der Waals surface area contributed by atoms with Crippen molar-refractivity contribution < 1.29 is 8.42 Å². The Hall–Kier alpha value is -1.11. The number of nitrogens with zero attached hydrogens (tertiary/aromatic N) is 1. The Morgan fingerprint density at radius 3 is 2.38 bits per heavy atom. The molecule has 0 saturated carbocycles. The second-order valence-corrected chi connectivity index (χ2v) is 7.46. The number of piperidine rings is 1. The SMILES string of the molecule is CNS(=O)(=O)CCNCc1ccc(N2CCCCC2)cc1. The van der Waals surface area contributed by atoms with Crippen LogP contribution in [0.3, 0.4) is 0 Å². The molecule has 118 valence electrons. The van der Waals surface area contributed by atoms with Crippen LogP contribution in [0.2, 0.25) is 0 Å². The van der Waals surface area contributed by atoms with Gasteiger partial charge in [0.05, 0.1) is 5.75 Å². The molecule has 2 N–H and O–H groups in total. The number of hydrogen-bond acceptors (Lipinski definition) is 4. The maximum absolute atomic E-state index is 11.3. The van der Waals surface area contributed by atoms with Crippen LogP contribution in [0, 0.1) is 0 Å². The molecule has 0 aromatic heterocycles. The van der Waals surface area contributed by atoms with Gasteiger partial charge in [0.2, 0.25) is 10.0 Å². The number of nitrogens with one attached hydrogen (secondary N) is 2. The van der Waals surface area contributed by atoms with E-state index in [0.717, 1.165) is 13.1 Å². The first-order valence-electron chi connectivity index (χ1n) is 7.56. The average molecular weight is 311 g/mol. The van der Waals surface area contributed by atoms with E-state index in [1.54, 1.807) is 0 Å². The highest BCUT2D eigenvalue weighted by Crippen LogP contribution is 2.20. The molecule has 1 aromatic rings. The highest BCUT2D eigenvalue weighted by Gasteiger charge is 2.10. The van der Waals surface area contributed by atoms with E-state index in [9.17, 15) is 8.42 Å².